The predicted molar refractivity (Wildman–Crippen MR) is 22.8 cm³/mol. The van der Waals surface area contributed by atoms with Gasteiger partial charge in [-0.1, -0.05) is 0 Å². The van der Waals surface area contributed by atoms with Crippen molar-refractivity contribution in [2.45, 2.75) is 4.58 Å². The zero-order valence-electron chi connectivity index (χ0n) is 5.89. The van der Waals surface area contributed by atoms with E-state index in [4.69, 9.17) is 0 Å². The molecule has 0 heterocycles. The number of carboxylic acid groups (broad SMARTS) is 2. The van der Waals surface area contributed by atoms with Gasteiger partial charge in [0.15, 0.2) is 0 Å². The van der Waals surface area contributed by atoms with Crippen molar-refractivity contribution in [2.24, 2.45) is 0 Å². The van der Waals surface area contributed by atoms with Crippen molar-refractivity contribution in [1.29, 1.82) is 0 Å². The summed E-state index contributed by atoms with van der Waals surface area (Å²) in [5.41, 5.74) is 0. The van der Waals surface area contributed by atoms with Crippen molar-refractivity contribution in [1.82, 2.24) is 0 Å². The number of carbonyl (C=O) groups excluding carboxylic acids is 2. The zero-order chi connectivity index (χ0) is 7.65. The molecule has 0 aliphatic rings. The molecule has 0 radical (unpaired) electrons. The van der Waals surface area contributed by atoms with E-state index in [1.807, 2.05) is 0 Å². The second-order valence-electron chi connectivity index (χ2n) is 1.15. The van der Waals surface area contributed by atoms with Crippen molar-refractivity contribution in [3.63, 3.8) is 0 Å². The third-order valence-electron chi connectivity index (χ3n) is 0.513. The summed E-state index contributed by atoms with van der Waals surface area (Å²) >= 11 is 1.72. The van der Waals surface area contributed by atoms with Crippen molar-refractivity contribution >= 4 is 27.9 Å². The molecule has 0 aromatic rings. The van der Waals surface area contributed by atoms with Crippen LogP contribution < -0.4 is 47.9 Å². The van der Waals surface area contributed by atoms with Crippen LogP contribution in [-0.4, -0.2) is 16.5 Å². The predicted octanol–water partition coefficient (Wildman–Crippen LogP) is -8.45. The number of hydrogen-bond acceptors (Lipinski definition) is 4. The van der Waals surface area contributed by atoms with E-state index in [1.54, 1.807) is 15.9 Å². The third kappa shape index (κ3) is 4.89. The van der Waals surface area contributed by atoms with Crippen LogP contribution >= 0.6 is 15.9 Å². The van der Waals surface area contributed by atoms with Crippen LogP contribution in [0.4, 0.5) is 4.39 Å². The fourth-order valence-corrected chi connectivity index (χ4v) is 0.0833. The maximum absolute atomic E-state index is 11.9. The molecular weight excluding hydrogens is 213 g/mol. The second kappa shape index (κ2) is 6.10. The van der Waals surface area contributed by atoms with Gasteiger partial charge in [-0.15, -0.1) is 0 Å². The average Bonchev–Trinajstić information content (AvgIpc) is 1.65. The molecule has 0 amide bonds. The summed E-state index contributed by atoms with van der Waals surface area (Å²) in [7, 11) is 0. The Balaban J connectivity index is -0.000000320. The molecule has 0 aliphatic carbocycles. The molecule has 0 aromatic carbocycles. The Labute approximate surface area is 94.0 Å². The molecular formula is C3BrFLi2O4. The van der Waals surface area contributed by atoms with E-state index >= 15 is 0 Å². The molecule has 0 N–H and O–H groups in total. The summed E-state index contributed by atoms with van der Waals surface area (Å²) in [6.07, 6.45) is 0. The SMILES string of the molecule is O=C([O-])C(F)(Br)C(=O)[O-].[Li+].[Li+]. The van der Waals surface area contributed by atoms with Gasteiger partial charge in [-0.3, -0.25) is 0 Å². The van der Waals surface area contributed by atoms with Gasteiger partial charge in [0.25, 0.3) is 0 Å². The standard InChI is InChI=1S/C3H2BrFO4.2Li/c4-3(5,1(6)7)2(8)9;;/h(H,6,7)(H,8,9);;/q;2*+1/p-2. The summed E-state index contributed by atoms with van der Waals surface area (Å²) < 4.78 is 8.35. The van der Waals surface area contributed by atoms with E-state index in [9.17, 15) is 24.2 Å². The van der Waals surface area contributed by atoms with Gasteiger partial charge in [-0.2, -0.15) is 0 Å². The van der Waals surface area contributed by atoms with E-state index in [-0.39, 0.29) is 37.7 Å². The molecule has 0 aliphatic heterocycles. The first-order chi connectivity index (χ1) is 3.89. The van der Waals surface area contributed by atoms with Crippen LogP contribution in [0, 0.1) is 0 Å². The largest absolute Gasteiger partial charge is 1.00 e. The summed E-state index contributed by atoms with van der Waals surface area (Å²) in [6, 6.07) is 0. The van der Waals surface area contributed by atoms with E-state index in [1.165, 1.54) is 0 Å². The minimum atomic E-state index is -3.58. The molecule has 11 heavy (non-hydrogen) atoms. The van der Waals surface area contributed by atoms with Crippen LogP contribution in [0.1, 0.15) is 0 Å². The summed E-state index contributed by atoms with van der Waals surface area (Å²) in [6.45, 7) is 0. The fourth-order valence-electron chi connectivity index (χ4n) is 0.0833. The normalized spacial score (nSPS) is 8.91. The van der Waals surface area contributed by atoms with E-state index < -0.39 is 16.5 Å². The molecule has 0 atom stereocenters. The molecule has 0 saturated carbocycles. The molecule has 0 fully saturated rings. The fraction of sp³-hybridized carbons (Fsp3) is 0.333. The van der Waals surface area contributed by atoms with E-state index in [0.717, 1.165) is 0 Å². The van der Waals surface area contributed by atoms with Gasteiger partial charge in [0.2, 0.25) is 4.58 Å². The number of carboxylic acids is 2. The van der Waals surface area contributed by atoms with Crippen LogP contribution in [0.3, 0.4) is 0 Å². The monoisotopic (exact) mass is 212 g/mol. The van der Waals surface area contributed by atoms with Gasteiger partial charge < -0.3 is 19.8 Å². The van der Waals surface area contributed by atoms with Gasteiger partial charge in [0, 0.05) is 0 Å². The molecule has 0 bridgehead atoms. The number of hydrogen-bond donors (Lipinski definition) is 0. The molecule has 8 heteroatoms. The Bertz CT molecular complexity index is 145. The number of carbonyl (C=O) groups is 2. The molecule has 0 aromatic heterocycles. The van der Waals surface area contributed by atoms with Gasteiger partial charge in [0.1, 0.15) is 0 Å². The number of halogens is 2. The first-order valence-electron chi connectivity index (χ1n) is 1.69. The summed E-state index contributed by atoms with van der Waals surface area (Å²) in [4.78, 5) is 19.0. The maximum atomic E-state index is 11.9. The van der Waals surface area contributed by atoms with Crippen LogP contribution in [-0.2, 0) is 9.59 Å². The number of alkyl halides is 2. The maximum Gasteiger partial charge on any atom is 1.00 e. The Morgan fingerprint density at radius 3 is 1.36 bits per heavy atom. The van der Waals surface area contributed by atoms with Crippen molar-refractivity contribution in [3.8, 4) is 0 Å². The molecule has 0 saturated heterocycles. The molecule has 0 rings (SSSR count). The van der Waals surface area contributed by atoms with Gasteiger partial charge in [-0.25, -0.2) is 4.39 Å². The topological polar surface area (TPSA) is 80.3 Å². The Hall–Kier alpha value is 0.545. The Morgan fingerprint density at radius 1 is 1.18 bits per heavy atom. The van der Waals surface area contributed by atoms with Crippen molar-refractivity contribution < 1.29 is 61.9 Å². The van der Waals surface area contributed by atoms with E-state index in [0.29, 0.717) is 0 Å². The Kier molecular flexibility index (Phi) is 9.76. The van der Waals surface area contributed by atoms with E-state index in [2.05, 4.69) is 0 Å². The molecule has 52 valence electrons. The smallest absolute Gasteiger partial charge is 0.545 e. The minimum absolute atomic E-state index is 0. The minimum Gasteiger partial charge on any atom is -0.545 e. The van der Waals surface area contributed by atoms with Gasteiger partial charge >= 0.3 is 37.7 Å². The first kappa shape index (κ1) is 17.6. The second-order valence-corrected chi connectivity index (χ2v) is 2.24. The summed E-state index contributed by atoms with van der Waals surface area (Å²) in [5, 5.41) is 19.0. The van der Waals surface area contributed by atoms with Crippen LogP contribution in [0.2, 0.25) is 0 Å². The Morgan fingerprint density at radius 2 is 1.36 bits per heavy atom. The van der Waals surface area contributed by atoms with Crippen LogP contribution in [0.5, 0.6) is 0 Å². The zero-order valence-corrected chi connectivity index (χ0v) is 7.47. The van der Waals surface area contributed by atoms with Crippen molar-refractivity contribution in [3.05, 3.63) is 0 Å². The third-order valence-corrected chi connectivity index (χ3v) is 1.16. The van der Waals surface area contributed by atoms with Crippen molar-refractivity contribution in [2.75, 3.05) is 0 Å². The van der Waals surface area contributed by atoms with Crippen LogP contribution in [0.15, 0.2) is 0 Å². The molecule has 0 unspecified atom stereocenters. The summed E-state index contributed by atoms with van der Waals surface area (Å²) in [5.74, 6) is -4.77. The number of aliphatic carboxylic acids is 2. The van der Waals surface area contributed by atoms with Gasteiger partial charge in [0.05, 0.1) is 11.9 Å². The van der Waals surface area contributed by atoms with Gasteiger partial charge in [-0.05, 0) is 15.9 Å². The molecule has 4 nitrogen and oxygen atoms in total. The average molecular weight is 213 g/mol. The quantitative estimate of drug-likeness (QED) is 0.259. The number of rotatable bonds is 2. The van der Waals surface area contributed by atoms with Crippen LogP contribution in [0.25, 0.3) is 0 Å². The first-order valence-corrected chi connectivity index (χ1v) is 2.49. The molecule has 0 spiro atoms.